The molecule has 0 saturated heterocycles. The van der Waals surface area contributed by atoms with Crippen LogP contribution in [0.25, 0.3) is 0 Å². The summed E-state index contributed by atoms with van der Waals surface area (Å²) in [6.45, 7) is 4.18. The first kappa shape index (κ1) is 12.7. The Morgan fingerprint density at radius 3 is 2.39 bits per heavy atom. The van der Waals surface area contributed by atoms with Gasteiger partial charge in [-0.25, -0.2) is 0 Å². The number of nitrogens with two attached hydrogens (primary N) is 1. The number of rotatable bonds is 4. The number of hydrogen-bond donors (Lipinski definition) is 1. The number of fused-ring (bicyclic) bond motifs is 1. The SMILES string of the molecule is CCC(N)(CC)CN1C(=O)c2ccncc2C1=O. The van der Waals surface area contributed by atoms with E-state index in [2.05, 4.69) is 4.98 Å². The number of imide groups is 1. The second-order valence-corrected chi connectivity index (χ2v) is 4.69. The molecule has 5 heteroatoms. The molecule has 2 amide bonds. The van der Waals surface area contributed by atoms with E-state index in [4.69, 9.17) is 5.73 Å². The molecular formula is C13H17N3O2. The third kappa shape index (κ3) is 1.90. The van der Waals surface area contributed by atoms with E-state index in [0.29, 0.717) is 11.1 Å². The molecule has 0 fully saturated rings. The van der Waals surface area contributed by atoms with Crippen LogP contribution in [0.2, 0.25) is 0 Å². The highest BCUT2D eigenvalue weighted by Crippen LogP contribution is 2.24. The summed E-state index contributed by atoms with van der Waals surface area (Å²) in [4.78, 5) is 29.4. The maximum absolute atomic E-state index is 12.1. The van der Waals surface area contributed by atoms with E-state index in [-0.39, 0.29) is 18.4 Å². The average molecular weight is 247 g/mol. The van der Waals surface area contributed by atoms with Crippen molar-refractivity contribution in [1.29, 1.82) is 0 Å². The van der Waals surface area contributed by atoms with E-state index in [1.54, 1.807) is 6.07 Å². The molecule has 0 unspecified atom stereocenters. The maximum atomic E-state index is 12.1. The average Bonchev–Trinajstić information content (AvgIpc) is 2.64. The molecule has 0 spiro atoms. The molecule has 1 aliphatic heterocycles. The van der Waals surface area contributed by atoms with Crippen molar-refractivity contribution in [2.75, 3.05) is 6.54 Å². The summed E-state index contributed by atoms with van der Waals surface area (Å²) >= 11 is 0. The zero-order valence-electron chi connectivity index (χ0n) is 10.6. The minimum atomic E-state index is -0.513. The van der Waals surface area contributed by atoms with Crippen LogP contribution in [0.4, 0.5) is 0 Å². The quantitative estimate of drug-likeness (QED) is 0.811. The van der Waals surface area contributed by atoms with Crippen LogP contribution in [0.3, 0.4) is 0 Å². The van der Waals surface area contributed by atoms with Gasteiger partial charge >= 0.3 is 0 Å². The van der Waals surface area contributed by atoms with Crippen molar-refractivity contribution in [2.24, 2.45) is 5.73 Å². The van der Waals surface area contributed by atoms with E-state index < -0.39 is 5.54 Å². The molecule has 18 heavy (non-hydrogen) atoms. The van der Waals surface area contributed by atoms with Gasteiger partial charge < -0.3 is 5.73 Å². The summed E-state index contributed by atoms with van der Waals surface area (Å²) in [5, 5.41) is 0. The number of hydrogen-bond acceptors (Lipinski definition) is 4. The minimum Gasteiger partial charge on any atom is -0.324 e. The zero-order valence-corrected chi connectivity index (χ0v) is 10.6. The largest absolute Gasteiger partial charge is 0.324 e. The lowest BCUT2D eigenvalue weighted by Gasteiger charge is -2.30. The zero-order chi connectivity index (χ0) is 13.3. The summed E-state index contributed by atoms with van der Waals surface area (Å²) in [7, 11) is 0. The lowest BCUT2D eigenvalue weighted by atomic mass is 9.93. The molecule has 0 radical (unpaired) electrons. The smallest absolute Gasteiger partial charge is 0.263 e. The fourth-order valence-electron chi connectivity index (χ4n) is 2.07. The molecule has 1 aromatic rings. The molecule has 0 saturated carbocycles. The third-order valence-electron chi connectivity index (χ3n) is 3.65. The number of carbonyl (C=O) groups is 2. The normalized spacial score (nSPS) is 15.2. The Labute approximate surface area is 106 Å². The summed E-state index contributed by atoms with van der Waals surface area (Å²) < 4.78 is 0. The highest BCUT2D eigenvalue weighted by atomic mass is 16.2. The second kappa shape index (κ2) is 4.49. The maximum Gasteiger partial charge on any atom is 0.263 e. The van der Waals surface area contributed by atoms with E-state index in [0.717, 1.165) is 12.8 Å². The molecule has 2 heterocycles. The number of aromatic nitrogens is 1. The van der Waals surface area contributed by atoms with E-state index in [1.807, 2.05) is 13.8 Å². The monoisotopic (exact) mass is 247 g/mol. The Hall–Kier alpha value is -1.75. The first-order valence-electron chi connectivity index (χ1n) is 6.11. The van der Waals surface area contributed by atoms with Crippen LogP contribution >= 0.6 is 0 Å². The van der Waals surface area contributed by atoms with Gasteiger partial charge in [0.15, 0.2) is 0 Å². The van der Waals surface area contributed by atoms with E-state index in [9.17, 15) is 9.59 Å². The van der Waals surface area contributed by atoms with Gasteiger partial charge in [-0.05, 0) is 18.9 Å². The van der Waals surface area contributed by atoms with E-state index >= 15 is 0 Å². The van der Waals surface area contributed by atoms with Gasteiger partial charge in [-0.15, -0.1) is 0 Å². The topological polar surface area (TPSA) is 76.3 Å². The van der Waals surface area contributed by atoms with Crippen molar-refractivity contribution >= 4 is 11.8 Å². The van der Waals surface area contributed by atoms with Crippen LogP contribution in [-0.2, 0) is 0 Å². The Morgan fingerprint density at radius 2 is 1.83 bits per heavy atom. The van der Waals surface area contributed by atoms with Crippen LogP contribution in [-0.4, -0.2) is 33.8 Å². The molecular weight excluding hydrogens is 230 g/mol. The summed E-state index contributed by atoms with van der Waals surface area (Å²) in [5.41, 5.74) is 6.45. The molecule has 2 N–H and O–H groups in total. The Balaban J connectivity index is 2.29. The highest BCUT2D eigenvalue weighted by molar-refractivity contribution is 6.21. The van der Waals surface area contributed by atoms with Gasteiger partial charge in [0.05, 0.1) is 11.1 Å². The molecule has 96 valence electrons. The number of nitrogens with zero attached hydrogens (tertiary/aromatic N) is 2. The Bertz CT molecular complexity index is 460. The predicted molar refractivity (Wildman–Crippen MR) is 67.1 cm³/mol. The number of amides is 2. The molecule has 5 nitrogen and oxygen atoms in total. The van der Waals surface area contributed by atoms with Crippen molar-refractivity contribution in [1.82, 2.24) is 9.88 Å². The molecule has 0 aromatic carbocycles. The molecule has 0 aliphatic carbocycles. The lowest BCUT2D eigenvalue weighted by molar-refractivity contribution is 0.0611. The van der Waals surface area contributed by atoms with E-state index in [1.165, 1.54) is 17.3 Å². The van der Waals surface area contributed by atoms with Crippen LogP contribution < -0.4 is 5.73 Å². The Kier molecular flexibility index (Phi) is 3.17. The molecule has 2 rings (SSSR count). The van der Waals surface area contributed by atoms with Crippen molar-refractivity contribution in [3.8, 4) is 0 Å². The van der Waals surface area contributed by atoms with Gasteiger partial charge in [0, 0.05) is 24.5 Å². The first-order chi connectivity index (χ1) is 8.52. The predicted octanol–water partition coefficient (Wildman–Crippen LogP) is 1.20. The highest BCUT2D eigenvalue weighted by Gasteiger charge is 2.39. The van der Waals surface area contributed by atoms with Crippen LogP contribution in [0.15, 0.2) is 18.5 Å². The Morgan fingerprint density at radius 1 is 1.22 bits per heavy atom. The number of carbonyl (C=O) groups excluding carboxylic acids is 2. The van der Waals surface area contributed by atoms with Crippen LogP contribution in [0.5, 0.6) is 0 Å². The van der Waals surface area contributed by atoms with Crippen molar-refractivity contribution in [2.45, 2.75) is 32.2 Å². The van der Waals surface area contributed by atoms with Gasteiger partial charge in [-0.2, -0.15) is 0 Å². The molecule has 0 bridgehead atoms. The standard InChI is InChI=1S/C13H17N3O2/c1-3-13(14,4-2)8-16-11(17)9-5-6-15-7-10(9)12(16)18/h5-7H,3-4,8,14H2,1-2H3. The van der Waals surface area contributed by atoms with Gasteiger partial charge in [-0.1, -0.05) is 13.8 Å². The fourth-order valence-corrected chi connectivity index (χ4v) is 2.07. The molecule has 0 atom stereocenters. The van der Waals surface area contributed by atoms with Gasteiger partial charge in [0.1, 0.15) is 0 Å². The van der Waals surface area contributed by atoms with Gasteiger partial charge in [0.25, 0.3) is 11.8 Å². The fraction of sp³-hybridized carbons (Fsp3) is 0.462. The summed E-state index contributed by atoms with van der Waals surface area (Å²) in [6, 6.07) is 1.58. The molecule has 1 aliphatic rings. The minimum absolute atomic E-state index is 0.256. The van der Waals surface area contributed by atoms with Crippen molar-refractivity contribution in [3.05, 3.63) is 29.6 Å². The number of pyridine rings is 1. The summed E-state index contributed by atoms with van der Waals surface area (Å²) in [6.07, 6.45) is 4.39. The van der Waals surface area contributed by atoms with Crippen molar-refractivity contribution in [3.63, 3.8) is 0 Å². The van der Waals surface area contributed by atoms with Crippen LogP contribution in [0, 0.1) is 0 Å². The summed E-state index contributed by atoms with van der Waals surface area (Å²) in [5.74, 6) is -0.561. The van der Waals surface area contributed by atoms with Crippen LogP contribution in [0.1, 0.15) is 47.4 Å². The molecule has 1 aromatic heterocycles. The van der Waals surface area contributed by atoms with Crippen molar-refractivity contribution < 1.29 is 9.59 Å². The third-order valence-corrected chi connectivity index (χ3v) is 3.65. The van der Waals surface area contributed by atoms with Gasteiger partial charge in [0.2, 0.25) is 0 Å². The van der Waals surface area contributed by atoms with Gasteiger partial charge in [-0.3, -0.25) is 19.5 Å². The lowest BCUT2D eigenvalue weighted by Crippen LogP contribution is -2.51. The second-order valence-electron chi connectivity index (χ2n) is 4.69. The first-order valence-corrected chi connectivity index (χ1v) is 6.11.